The molecule has 2 aromatic rings. The second-order valence-corrected chi connectivity index (χ2v) is 6.50. The maximum absolute atomic E-state index is 12.0. The Morgan fingerprint density at radius 2 is 1.81 bits per heavy atom. The highest BCUT2D eigenvalue weighted by atomic mass is 16.6. The van der Waals surface area contributed by atoms with Gasteiger partial charge in [-0.15, -0.1) is 0 Å². The number of ether oxygens (including phenoxy) is 4. The minimum atomic E-state index is -0.454. The van der Waals surface area contributed by atoms with E-state index in [4.69, 9.17) is 18.9 Å². The van der Waals surface area contributed by atoms with Crippen LogP contribution in [0.15, 0.2) is 47.6 Å². The predicted octanol–water partition coefficient (Wildman–Crippen LogP) is 3.12. The monoisotopic (exact) mass is 428 g/mol. The van der Waals surface area contributed by atoms with Crippen molar-refractivity contribution in [2.24, 2.45) is 5.10 Å². The molecule has 0 unspecified atom stereocenters. The lowest BCUT2D eigenvalue weighted by atomic mass is 10.1. The van der Waals surface area contributed by atoms with E-state index in [1.54, 1.807) is 32.2 Å². The Bertz CT molecular complexity index is 880. The molecule has 2 aromatic carbocycles. The zero-order chi connectivity index (χ0) is 22.5. The fraction of sp³-hybridized carbons (Fsp3) is 0.348. The second-order valence-electron chi connectivity index (χ2n) is 6.50. The average Bonchev–Trinajstić information content (AvgIpc) is 2.78. The molecule has 0 aliphatic rings. The van der Waals surface area contributed by atoms with E-state index in [0.29, 0.717) is 36.5 Å². The molecule has 0 saturated carbocycles. The van der Waals surface area contributed by atoms with Crippen molar-refractivity contribution < 1.29 is 28.5 Å². The molecule has 31 heavy (non-hydrogen) atoms. The minimum absolute atomic E-state index is 0.161. The summed E-state index contributed by atoms with van der Waals surface area (Å²) in [5, 5.41) is 3.98. The van der Waals surface area contributed by atoms with Gasteiger partial charge in [-0.1, -0.05) is 12.1 Å². The van der Waals surface area contributed by atoms with Gasteiger partial charge < -0.3 is 18.9 Å². The van der Waals surface area contributed by atoms with E-state index in [9.17, 15) is 9.59 Å². The molecule has 2 rings (SSSR count). The van der Waals surface area contributed by atoms with Gasteiger partial charge in [0.15, 0.2) is 18.1 Å². The Kier molecular flexibility index (Phi) is 9.87. The predicted molar refractivity (Wildman–Crippen MR) is 117 cm³/mol. The molecule has 1 amide bonds. The molecule has 0 radical (unpaired) electrons. The Balaban J connectivity index is 1.78. The van der Waals surface area contributed by atoms with E-state index in [2.05, 4.69) is 10.5 Å². The third-order valence-corrected chi connectivity index (χ3v) is 4.27. The number of rotatable bonds is 12. The quantitative estimate of drug-likeness (QED) is 0.317. The van der Waals surface area contributed by atoms with Crippen molar-refractivity contribution in [3.63, 3.8) is 0 Å². The number of nitrogens with one attached hydrogen (secondary N) is 1. The molecule has 8 nitrogen and oxygen atoms in total. The molecule has 0 bridgehead atoms. The summed E-state index contributed by atoms with van der Waals surface area (Å²) in [7, 11) is 3.13. The third-order valence-electron chi connectivity index (χ3n) is 4.27. The average molecular weight is 428 g/mol. The van der Waals surface area contributed by atoms with Crippen molar-refractivity contribution in [2.75, 3.05) is 27.4 Å². The summed E-state index contributed by atoms with van der Waals surface area (Å²) in [6, 6.07) is 12.9. The topological polar surface area (TPSA) is 95.5 Å². The lowest BCUT2D eigenvalue weighted by Gasteiger charge is -2.10. The van der Waals surface area contributed by atoms with Crippen LogP contribution in [0.4, 0.5) is 0 Å². The molecular weight excluding hydrogens is 400 g/mol. The Labute approximate surface area is 182 Å². The Morgan fingerprint density at radius 1 is 1.03 bits per heavy atom. The lowest BCUT2D eigenvalue weighted by Crippen LogP contribution is -2.17. The van der Waals surface area contributed by atoms with E-state index in [0.717, 1.165) is 17.7 Å². The van der Waals surface area contributed by atoms with E-state index in [-0.39, 0.29) is 12.5 Å². The maximum Gasteiger partial charge on any atom is 0.344 e. The molecular formula is C23H28N2O6. The van der Waals surface area contributed by atoms with Crippen LogP contribution in [0, 0.1) is 0 Å². The highest BCUT2D eigenvalue weighted by Crippen LogP contribution is 2.27. The van der Waals surface area contributed by atoms with Gasteiger partial charge in [-0.2, -0.15) is 5.10 Å². The molecule has 0 aliphatic carbocycles. The van der Waals surface area contributed by atoms with Gasteiger partial charge in [0.25, 0.3) is 0 Å². The summed E-state index contributed by atoms with van der Waals surface area (Å²) >= 11 is 0. The number of nitrogens with zero attached hydrogens (tertiary/aromatic N) is 1. The van der Waals surface area contributed by atoms with Gasteiger partial charge in [-0.25, -0.2) is 10.2 Å². The van der Waals surface area contributed by atoms with Gasteiger partial charge >= 0.3 is 5.97 Å². The van der Waals surface area contributed by atoms with Crippen molar-refractivity contribution in [3.8, 4) is 17.2 Å². The van der Waals surface area contributed by atoms with Crippen LogP contribution in [0.5, 0.6) is 17.2 Å². The van der Waals surface area contributed by atoms with Crippen molar-refractivity contribution in [3.05, 3.63) is 53.6 Å². The number of benzene rings is 2. The standard InChI is InChI=1S/C23H28N2O6/c1-4-30-23(27)16-31-20-13-10-18(14-21(20)29-3)15-24-25-22(26)7-5-6-17-8-11-19(28-2)12-9-17/h8-15H,4-7,16H2,1-3H3,(H,25,26)/b24-15+. The lowest BCUT2D eigenvalue weighted by molar-refractivity contribution is -0.145. The van der Waals surface area contributed by atoms with E-state index in [1.807, 2.05) is 24.3 Å². The number of aryl methyl sites for hydroxylation is 1. The SMILES string of the molecule is CCOC(=O)COc1ccc(/C=N/NC(=O)CCCc2ccc(OC)cc2)cc1OC. The third kappa shape index (κ3) is 8.38. The number of hydrogen-bond donors (Lipinski definition) is 1. The van der Waals surface area contributed by atoms with Crippen molar-refractivity contribution in [1.82, 2.24) is 5.43 Å². The van der Waals surface area contributed by atoms with Gasteiger partial charge in [-0.05, 0) is 61.2 Å². The maximum atomic E-state index is 12.0. The van der Waals surface area contributed by atoms with Gasteiger partial charge in [0, 0.05) is 6.42 Å². The summed E-state index contributed by atoms with van der Waals surface area (Å²) in [6.45, 7) is 1.82. The van der Waals surface area contributed by atoms with E-state index in [1.165, 1.54) is 13.3 Å². The van der Waals surface area contributed by atoms with Crippen LogP contribution in [0.2, 0.25) is 0 Å². The molecule has 1 N–H and O–H groups in total. The molecule has 0 spiro atoms. The van der Waals surface area contributed by atoms with Crippen LogP contribution < -0.4 is 19.6 Å². The van der Waals surface area contributed by atoms with Crippen LogP contribution >= 0.6 is 0 Å². The first kappa shape index (κ1) is 23.7. The van der Waals surface area contributed by atoms with Crippen LogP contribution in [0.3, 0.4) is 0 Å². The molecule has 0 fully saturated rings. The number of esters is 1. The molecule has 0 saturated heterocycles. The summed E-state index contributed by atoms with van der Waals surface area (Å²) in [6.07, 6.45) is 3.39. The summed E-state index contributed by atoms with van der Waals surface area (Å²) in [4.78, 5) is 23.4. The zero-order valence-corrected chi connectivity index (χ0v) is 18.1. The van der Waals surface area contributed by atoms with Crippen LogP contribution in [0.1, 0.15) is 30.9 Å². The largest absolute Gasteiger partial charge is 0.497 e. The molecule has 0 aromatic heterocycles. The smallest absolute Gasteiger partial charge is 0.344 e. The van der Waals surface area contributed by atoms with Crippen molar-refractivity contribution in [1.29, 1.82) is 0 Å². The van der Waals surface area contributed by atoms with Crippen LogP contribution in [-0.4, -0.2) is 45.5 Å². The first-order chi connectivity index (χ1) is 15.0. The summed E-state index contributed by atoms with van der Waals surface area (Å²) in [5.41, 5.74) is 4.37. The summed E-state index contributed by atoms with van der Waals surface area (Å²) < 4.78 is 20.7. The van der Waals surface area contributed by atoms with Gasteiger partial charge in [0.2, 0.25) is 5.91 Å². The molecule has 166 valence electrons. The van der Waals surface area contributed by atoms with Crippen LogP contribution in [-0.2, 0) is 20.7 Å². The number of hydrogen-bond acceptors (Lipinski definition) is 7. The first-order valence-electron chi connectivity index (χ1n) is 9.97. The molecule has 8 heteroatoms. The van der Waals surface area contributed by atoms with Gasteiger partial charge in [0.05, 0.1) is 27.0 Å². The number of carbonyl (C=O) groups is 2. The fourth-order valence-corrected chi connectivity index (χ4v) is 2.70. The second kappa shape index (κ2) is 12.9. The molecule has 0 aliphatic heterocycles. The van der Waals surface area contributed by atoms with Gasteiger partial charge in [-0.3, -0.25) is 4.79 Å². The molecule has 0 heterocycles. The summed E-state index contributed by atoms with van der Waals surface area (Å²) in [5.74, 6) is 1.05. The number of methoxy groups -OCH3 is 2. The van der Waals surface area contributed by atoms with E-state index >= 15 is 0 Å². The minimum Gasteiger partial charge on any atom is -0.497 e. The number of hydrazone groups is 1. The molecule has 0 atom stereocenters. The first-order valence-corrected chi connectivity index (χ1v) is 9.97. The zero-order valence-electron chi connectivity index (χ0n) is 18.1. The van der Waals surface area contributed by atoms with E-state index < -0.39 is 5.97 Å². The Hall–Kier alpha value is -3.55. The van der Waals surface area contributed by atoms with Crippen molar-refractivity contribution >= 4 is 18.1 Å². The number of carbonyl (C=O) groups excluding carboxylic acids is 2. The number of amides is 1. The highest BCUT2D eigenvalue weighted by molar-refractivity contribution is 5.83. The highest BCUT2D eigenvalue weighted by Gasteiger charge is 2.09. The van der Waals surface area contributed by atoms with Crippen molar-refractivity contribution in [2.45, 2.75) is 26.2 Å². The normalized spacial score (nSPS) is 10.5. The fourth-order valence-electron chi connectivity index (χ4n) is 2.70. The van der Waals surface area contributed by atoms with Crippen LogP contribution in [0.25, 0.3) is 0 Å². The van der Waals surface area contributed by atoms with Gasteiger partial charge in [0.1, 0.15) is 5.75 Å². The Morgan fingerprint density at radius 3 is 2.48 bits per heavy atom.